The van der Waals surface area contributed by atoms with Crippen molar-refractivity contribution in [1.82, 2.24) is 19.2 Å². The lowest BCUT2D eigenvalue weighted by Gasteiger charge is -2.28. The van der Waals surface area contributed by atoms with Crippen molar-refractivity contribution in [2.75, 3.05) is 13.1 Å². The van der Waals surface area contributed by atoms with Gasteiger partial charge in [0.25, 0.3) is 5.91 Å². The van der Waals surface area contributed by atoms with Crippen LogP contribution in [-0.2, 0) is 29.5 Å². The van der Waals surface area contributed by atoms with Crippen LogP contribution in [0.5, 0.6) is 0 Å². The van der Waals surface area contributed by atoms with Gasteiger partial charge in [0.15, 0.2) is 0 Å². The van der Waals surface area contributed by atoms with Crippen LogP contribution in [0.1, 0.15) is 33.7 Å². The summed E-state index contributed by atoms with van der Waals surface area (Å²) in [5.74, 6) is 0.661. The number of para-hydroxylation sites is 2. The molecule has 1 aromatic heterocycles. The summed E-state index contributed by atoms with van der Waals surface area (Å²) in [5, 5.41) is 2.92. The molecule has 0 saturated heterocycles. The van der Waals surface area contributed by atoms with Crippen molar-refractivity contribution in [2.45, 2.75) is 37.8 Å². The zero-order valence-electron chi connectivity index (χ0n) is 19.6. The summed E-state index contributed by atoms with van der Waals surface area (Å²) in [7, 11) is -3.70. The number of carbonyl (C=O) groups is 1. The molecular formula is C27H28N4O3S. The van der Waals surface area contributed by atoms with Crippen molar-refractivity contribution in [2.24, 2.45) is 0 Å². The van der Waals surface area contributed by atoms with E-state index in [0.717, 1.165) is 35.4 Å². The Kier molecular flexibility index (Phi) is 6.40. The van der Waals surface area contributed by atoms with Crippen molar-refractivity contribution in [1.29, 1.82) is 0 Å². The Morgan fingerprint density at radius 2 is 1.77 bits per heavy atom. The summed E-state index contributed by atoms with van der Waals surface area (Å²) in [4.78, 5) is 17.5. The normalized spacial score (nSPS) is 14.1. The number of amides is 1. The molecule has 0 atom stereocenters. The molecule has 1 aliphatic heterocycles. The summed E-state index contributed by atoms with van der Waals surface area (Å²) in [5.41, 5.74) is 4.59. The standard InChI is InChI=1S/C27H28N4O3S/c1-20-29-25-12-4-5-13-26(25)31(20)16-7-15-28-27(32)22-10-6-11-24(18-22)35(33,34)30-17-14-21-8-2-3-9-23(21)19-30/h2-6,8-13,18H,7,14-17,19H2,1H3,(H,28,32). The Morgan fingerprint density at radius 1 is 1.00 bits per heavy atom. The largest absolute Gasteiger partial charge is 0.352 e. The average Bonchev–Trinajstić information content (AvgIpc) is 3.21. The zero-order chi connectivity index (χ0) is 24.4. The molecule has 0 bridgehead atoms. The molecule has 0 fully saturated rings. The van der Waals surface area contributed by atoms with Crippen LogP contribution >= 0.6 is 0 Å². The van der Waals surface area contributed by atoms with Gasteiger partial charge in [-0.2, -0.15) is 4.31 Å². The average molecular weight is 489 g/mol. The number of hydrogen-bond donors (Lipinski definition) is 1. The van der Waals surface area contributed by atoms with Gasteiger partial charge in [0, 0.05) is 31.7 Å². The molecule has 1 N–H and O–H groups in total. The number of sulfonamides is 1. The molecule has 7 nitrogen and oxygen atoms in total. The summed E-state index contributed by atoms with van der Waals surface area (Å²) < 4.78 is 30.2. The first-order valence-corrected chi connectivity index (χ1v) is 13.2. The highest BCUT2D eigenvalue weighted by atomic mass is 32.2. The summed E-state index contributed by atoms with van der Waals surface area (Å²) in [6.45, 7) is 3.96. The molecular weight excluding hydrogens is 460 g/mol. The molecule has 5 rings (SSSR count). The van der Waals surface area contributed by atoms with Crippen molar-refractivity contribution >= 4 is 27.0 Å². The Bertz CT molecular complexity index is 1490. The van der Waals surface area contributed by atoms with E-state index in [4.69, 9.17) is 0 Å². The fourth-order valence-electron chi connectivity index (χ4n) is 4.64. The monoisotopic (exact) mass is 488 g/mol. The van der Waals surface area contributed by atoms with Crippen molar-refractivity contribution in [3.63, 3.8) is 0 Å². The molecule has 1 aliphatic rings. The summed E-state index contributed by atoms with van der Waals surface area (Å²) >= 11 is 0. The molecule has 2 heterocycles. The maximum atomic E-state index is 13.3. The number of carbonyl (C=O) groups excluding carboxylic acids is 1. The maximum Gasteiger partial charge on any atom is 0.251 e. The fraction of sp³-hybridized carbons (Fsp3) is 0.259. The van der Waals surface area contributed by atoms with Gasteiger partial charge in [0.05, 0.1) is 15.9 Å². The van der Waals surface area contributed by atoms with Gasteiger partial charge in [-0.3, -0.25) is 4.79 Å². The first kappa shape index (κ1) is 23.3. The van der Waals surface area contributed by atoms with Crippen LogP contribution in [0.4, 0.5) is 0 Å². The molecule has 0 saturated carbocycles. The lowest BCUT2D eigenvalue weighted by molar-refractivity contribution is 0.0952. The first-order chi connectivity index (χ1) is 16.9. The molecule has 180 valence electrons. The molecule has 0 radical (unpaired) electrons. The van der Waals surface area contributed by atoms with Crippen molar-refractivity contribution in [3.05, 3.63) is 95.3 Å². The second-order valence-electron chi connectivity index (χ2n) is 8.79. The third-order valence-electron chi connectivity index (χ3n) is 6.52. The van der Waals surface area contributed by atoms with Crippen LogP contribution in [0, 0.1) is 6.92 Å². The first-order valence-electron chi connectivity index (χ1n) is 11.8. The SMILES string of the molecule is Cc1nc2ccccc2n1CCCNC(=O)c1cccc(S(=O)(=O)N2CCc3ccccc3C2)c1. The van der Waals surface area contributed by atoms with Crippen LogP contribution in [0.3, 0.4) is 0 Å². The fourth-order valence-corrected chi connectivity index (χ4v) is 6.11. The van der Waals surface area contributed by atoms with E-state index < -0.39 is 10.0 Å². The third kappa shape index (κ3) is 4.72. The van der Waals surface area contributed by atoms with Crippen molar-refractivity contribution < 1.29 is 13.2 Å². The van der Waals surface area contributed by atoms with Crippen LogP contribution in [0.2, 0.25) is 0 Å². The Morgan fingerprint density at radius 3 is 2.63 bits per heavy atom. The maximum absolute atomic E-state index is 13.3. The zero-order valence-corrected chi connectivity index (χ0v) is 20.5. The Labute approximate surface area is 205 Å². The minimum atomic E-state index is -3.70. The van der Waals surface area contributed by atoms with E-state index in [9.17, 15) is 13.2 Å². The lowest BCUT2D eigenvalue weighted by atomic mass is 10.0. The number of aromatic nitrogens is 2. The molecule has 35 heavy (non-hydrogen) atoms. The quantitative estimate of drug-likeness (QED) is 0.400. The second kappa shape index (κ2) is 9.64. The predicted molar refractivity (Wildman–Crippen MR) is 136 cm³/mol. The Hall–Kier alpha value is -3.49. The van der Waals surface area contributed by atoms with E-state index in [-0.39, 0.29) is 10.8 Å². The van der Waals surface area contributed by atoms with E-state index in [2.05, 4.69) is 14.9 Å². The summed E-state index contributed by atoms with van der Waals surface area (Å²) in [6.07, 6.45) is 1.42. The number of hydrogen-bond acceptors (Lipinski definition) is 4. The highest BCUT2D eigenvalue weighted by molar-refractivity contribution is 7.89. The smallest absolute Gasteiger partial charge is 0.251 e. The van der Waals surface area contributed by atoms with Gasteiger partial charge in [-0.1, -0.05) is 42.5 Å². The predicted octanol–water partition coefficient (Wildman–Crippen LogP) is 3.91. The van der Waals surface area contributed by atoms with E-state index in [1.807, 2.05) is 55.5 Å². The minimum absolute atomic E-state index is 0.144. The Balaban J connectivity index is 1.22. The molecule has 4 aromatic rings. The molecule has 8 heteroatoms. The van der Waals surface area contributed by atoms with Crippen LogP contribution in [-0.4, -0.2) is 41.3 Å². The summed E-state index contributed by atoms with van der Waals surface area (Å²) in [6, 6.07) is 22.2. The number of rotatable bonds is 7. The highest BCUT2D eigenvalue weighted by Crippen LogP contribution is 2.25. The van der Waals surface area contributed by atoms with Crippen LogP contribution in [0.25, 0.3) is 11.0 Å². The van der Waals surface area contributed by atoms with Gasteiger partial charge in [-0.25, -0.2) is 13.4 Å². The van der Waals surface area contributed by atoms with Gasteiger partial charge >= 0.3 is 0 Å². The lowest BCUT2D eigenvalue weighted by Crippen LogP contribution is -2.36. The topological polar surface area (TPSA) is 84.3 Å². The number of fused-ring (bicyclic) bond motifs is 2. The number of nitrogens with one attached hydrogen (secondary N) is 1. The number of nitrogens with zero attached hydrogens (tertiary/aromatic N) is 3. The molecule has 1 amide bonds. The van der Waals surface area contributed by atoms with E-state index in [0.29, 0.717) is 31.6 Å². The van der Waals surface area contributed by atoms with Crippen molar-refractivity contribution in [3.8, 4) is 0 Å². The van der Waals surface area contributed by atoms with Gasteiger partial charge in [0.2, 0.25) is 10.0 Å². The van der Waals surface area contributed by atoms with E-state index >= 15 is 0 Å². The van der Waals surface area contributed by atoms with Crippen LogP contribution < -0.4 is 5.32 Å². The van der Waals surface area contributed by atoms with Gasteiger partial charge in [0.1, 0.15) is 5.82 Å². The van der Waals surface area contributed by atoms with Gasteiger partial charge in [-0.05, 0) is 61.2 Å². The van der Waals surface area contributed by atoms with E-state index in [1.165, 1.54) is 15.9 Å². The van der Waals surface area contributed by atoms with Gasteiger partial charge < -0.3 is 9.88 Å². The number of imidazole rings is 1. The highest BCUT2D eigenvalue weighted by Gasteiger charge is 2.28. The molecule has 0 spiro atoms. The van der Waals surface area contributed by atoms with E-state index in [1.54, 1.807) is 18.2 Å². The minimum Gasteiger partial charge on any atom is -0.352 e. The van der Waals surface area contributed by atoms with Crippen LogP contribution in [0.15, 0.2) is 77.7 Å². The number of aryl methyl sites for hydroxylation is 2. The van der Waals surface area contributed by atoms with Gasteiger partial charge in [-0.15, -0.1) is 0 Å². The number of benzene rings is 3. The molecule has 0 aliphatic carbocycles. The third-order valence-corrected chi connectivity index (χ3v) is 8.36. The second-order valence-corrected chi connectivity index (χ2v) is 10.7. The molecule has 0 unspecified atom stereocenters. The molecule has 3 aromatic carbocycles.